The zero-order chi connectivity index (χ0) is 22.8. The van der Waals surface area contributed by atoms with Gasteiger partial charge in [0, 0.05) is 18.8 Å². The number of allylic oxidation sites excluding steroid dienone is 3. The highest BCUT2D eigenvalue weighted by atomic mass is 32.2. The molecule has 2 fully saturated rings. The summed E-state index contributed by atoms with van der Waals surface area (Å²) in [6.45, 7) is 5.53. The number of alkyl halides is 3. The van der Waals surface area contributed by atoms with E-state index >= 15 is 0 Å². The Morgan fingerprint density at radius 3 is 2.39 bits per heavy atom. The Kier molecular flexibility index (Phi) is 5.30. The second-order valence-corrected chi connectivity index (χ2v) is 11.5. The van der Waals surface area contributed by atoms with Crippen LogP contribution in [0, 0.1) is 28.6 Å². The van der Waals surface area contributed by atoms with Gasteiger partial charge in [0.15, 0.2) is 0 Å². The topological polar surface area (TPSA) is 69.7 Å². The van der Waals surface area contributed by atoms with Gasteiger partial charge in [0.2, 0.25) is 0 Å². The molecule has 0 aromatic heterocycles. The molecule has 0 bridgehead atoms. The summed E-state index contributed by atoms with van der Waals surface area (Å²) in [5.74, 6) is 0.353. The summed E-state index contributed by atoms with van der Waals surface area (Å²) in [5.41, 5.74) is -4.86. The number of carbonyl (C=O) groups is 1. The first-order valence-electron chi connectivity index (χ1n) is 10.9. The molecule has 0 aliphatic heterocycles. The Balaban J connectivity index is 1.55. The average molecular weight is 463 g/mol. The predicted molar refractivity (Wildman–Crippen MR) is 107 cm³/mol. The molecular formula is C22H29F3O5S. The zero-order valence-electron chi connectivity index (χ0n) is 18.0. The SMILES string of the molecule is CC(=O)O[C@H]1CC[C@@]2(C)C(=CC[C@@H]3C2CC[C@]2(C)C(OS(=O)(=O)C(F)(F)F)=CCC32)C1. The zero-order valence-corrected chi connectivity index (χ0v) is 18.8. The molecule has 0 aromatic rings. The maximum atomic E-state index is 12.9. The quantitative estimate of drug-likeness (QED) is 0.248. The van der Waals surface area contributed by atoms with Crippen LogP contribution in [0.5, 0.6) is 0 Å². The molecule has 4 rings (SSSR count). The van der Waals surface area contributed by atoms with Gasteiger partial charge >= 0.3 is 21.6 Å². The Hall–Kier alpha value is -1.51. The lowest BCUT2D eigenvalue weighted by molar-refractivity contribution is -0.148. The van der Waals surface area contributed by atoms with E-state index in [4.69, 9.17) is 4.74 Å². The van der Waals surface area contributed by atoms with Gasteiger partial charge in [-0.2, -0.15) is 21.6 Å². The fraction of sp³-hybridized carbons (Fsp3) is 0.773. The summed E-state index contributed by atoms with van der Waals surface area (Å²) >= 11 is 0. The van der Waals surface area contributed by atoms with Crippen molar-refractivity contribution in [1.29, 1.82) is 0 Å². The van der Waals surface area contributed by atoms with Crippen LogP contribution in [0.2, 0.25) is 0 Å². The highest BCUT2D eigenvalue weighted by molar-refractivity contribution is 7.87. The molecule has 4 aliphatic carbocycles. The molecule has 9 heteroatoms. The number of halogens is 3. The molecule has 0 saturated heterocycles. The van der Waals surface area contributed by atoms with Crippen molar-refractivity contribution in [3.8, 4) is 0 Å². The maximum Gasteiger partial charge on any atom is 0.534 e. The first-order chi connectivity index (χ1) is 14.3. The Labute approximate surface area is 181 Å². The molecule has 0 aromatic carbocycles. The molecule has 0 N–H and O–H groups in total. The molecule has 0 heterocycles. The van der Waals surface area contributed by atoms with E-state index in [0.717, 1.165) is 32.1 Å². The molecule has 2 unspecified atom stereocenters. The minimum atomic E-state index is -5.67. The van der Waals surface area contributed by atoms with Crippen LogP contribution in [-0.2, 0) is 23.8 Å². The van der Waals surface area contributed by atoms with E-state index in [-0.39, 0.29) is 35.1 Å². The Bertz CT molecular complexity index is 937. The van der Waals surface area contributed by atoms with Gasteiger partial charge in [-0.05, 0) is 67.8 Å². The Morgan fingerprint density at radius 2 is 1.74 bits per heavy atom. The van der Waals surface area contributed by atoms with Gasteiger partial charge < -0.3 is 8.92 Å². The van der Waals surface area contributed by atoms with Gasteiger partial charge in [-0.25, -0.2) is 0 Å². The molecule has 4 aliphatic rings. The number of ether oxygens (including phenoxy) is 1. The van der Waals surface area contributed by atoms with Gasteiger partial charge in [0.1, 0.15) is 11.9 Å². The molecule has 31 heavy (non-hydrogen) atoms. The number of fused-ring (bicyclic) bond motifs is 5. The van der Waals surface area contributed by atoms with Crippen molar-refractivity contribution in [3.05, 3.63) is 23.5 Å². The third-order valence-corrected chi connectivity index (χ3v) is 9.35. The van der Waals surface area contributed by atoms with E-state index in [1.165, 1.54) is 12.5 Å². The van der Waals surface area contributed by atoms with Crippen molar-refractivity contribution in [2.24, 2.45) is 28.6 Å². The van der Waals surface area contributed by atoms with E-state index < -0.39 is 21.0 Å². The average Bonchev–Trinajstić information content (AvgIpc) is 2.96. The van der Waals surface area contributed by atoms with E-state index in [2.05, 4.69) is 17.2 Å². The second kappa shape index (κ2) is 7.25. The normalized spacial score (nSPS) is 40.1. The lowest BCUT2D eigenvalue weighted by atomic mass is 9.48. The number of hydrogen-bond donors (Lipinski definition) is 0. The van der Waals surface area contributed by atoms with Crippen LogP contribution in [0.3, 0.4) is 0 Å². The molecule has 5 nitrogen and oxygen atoms in total. The summed E-state index contributed by atoms with van der Waals surface area (Å²) in [6.07, 6.45) is 8.84. The minimum Gasteiger partial charge on any atom is -0.462 e. The Morgan fingerprint density at radius 1 is 1.06 bits per heavy atom. The third-order valence-electron chi connectivity index (χ3n) is 8.38. The van der Waals surface area contributed by atoms with Crippen LogP contribution < -0.4 is 0 Å². The molecule has 0 spiro atoms. The molecule has 174 valence electrons. The lowest BCUT2D eigenvalue weighted by Crippen LogP contribution is -2.50. The summed E-state index contributed by atoms with van der Waals surface area (Å²) < 4.78 is 71.9. The molecule has 0 amide bonds. The number of carbonyl (C=O) groups excluding carboxylic acids is 1. The van der Waals surface area contributed by atoms with E-state index in [1.54, 1.807) is 6.08 Å². The maximum absolute atomic E-state index is 12.9. The predicted octanol–water partition coefficient (Wildman–Crippen LogP) is 5.24. The summed E-state index contributed by atoms with van der Waals surface area (Å²) in [6, 6.07) is 0. The van der Waals surface area contributed by atoms with Gasteiger partial charge in [0.25, 0.3) is 0 Å². The van der Waals surface area contributed by atoms with E-state index in [1.807, 2.05) is 6.92 Å². The third kappa shape index (κ3) is 3.60. The van der Waals surface area contributed by atoms with Crippen molar-refractivity contribution in [1.82, 2.24) is 0 Å². The molecule has 2 saturated carbocycles. The van der Waals surface area contributed by atoms with Crippen LogP contribution in [0.4, 0.5) is 13.2 Å². The van der Waals surface area contributed by atoms with Gasteiger partial charge in [-0.3, -0.25) is 4.79 Å². The van der Waals surface area contributed by atoms with Gasteiger partial charge in [-0.15, -0.1) is 0 Å². The fourth-order valence-corrected chi connectivity index (χ4v) is 7.37. The van der Waals surface area contributed by atoms with Crippen LogP contribution in [0.1, 0.15) is 65.7 Å². The first kappa shape index (κ1) is 22.7. The van der Waals surface area contributed by atoms with Crippen molar-refractivity contribution in [2.75, 3.05) is 0 Å². The molecular weight excluding hydrogens is 433 g/mol. The van der Waals surface area contributed by atoms with Crippen LogP contribution >= 0.6 is 0 Å². The van der Waals surface area contributed by atoms with Crippen molar-refractivity contribution in [3.63, 3.8) is 0 Å². The van der Waals surface area contributed by atoms with Crippen LogP contribution in [-0.4, -0.2) is 26.0 Å². The number of rotatable bonds is 3. The van der Waals surface area contributed by atoms with Gasteiger partial charge in [0.05, 0.1) is 0 Å². The van der Waals surface area contributed by atoms with Crippen molar-refractivity contribution < 1.29 is 35.3 Å². The number of hydrogen-bond acceptors (Lipinski definition) is 5. The number of esters is 1. The van der Waals surface area contributed by atoms with Crippen LogP contribution in [0.25, 0.3) is 0 Å². The largest absolute Gasteiger partial charge is 0.534 e. The minimum absolute atomic E-state index is 0.0252. The monoisotopic (exact) mass is 462 g/mol. The van der Waals surface area contributed by atoms with E-state index in [9.17, 15) is 26.4 Å². The van der Waals surface area contributed by atoms with Crippen molar-refractivity contribution in [2.45, 2.75) is 77.3 Å². The van der Waals surface area contributed by atoms with Crippen molar-refractivity contribution >= 4 is 16.1 Å². The first-order valence-corrected chi connectivity index (χ1v) is 12.3. The van der Waals surface area contributed by atoms with E-state index in [0.29, 0.717) is 18.8 Å². The highest BCUT2D eigenvalue weighted by Crippen LogP contribution is 2.65. The molecule has 0 radical (unpaired) electrons. The standard InChI is InChI=1S/C22H29F3O5S/c1-13(26)29-15-8-10-20(2)14(12-15)4-5-16-17-6-7-19(21(17,3)11-9-18(16)20)30-31(27,28)22(23,24)25/h4,7,15-18H,5-6,8-12H2,1-3H3/t15-,16-,17?,18?,20-,21-/m0/s1. The summed E-state index contributed by atoms with van der Waals surface area (Å²) in [5, 5.41) is 0. The highest BCUT2D eigenvalue weighted by Gasteiger charge is 2.59. The lowest BCUT2D eigenvalue weighted by Gasteiger charge is -2.57. The fourth-order valence-electron chi connectivity index (χ4n) is 6.79. The summed E-state index contributed by atoms with van der Waals surface area (Å²) in [7, 11) is -5.67. The summed E-state index contributed by atoms with van der Waals surface area (Å²) in [4.78, 5) is 11.4. The van der Waals surface area contributed by atoms with Gasteiger partial charge in [-0.1, -0.05) is 25.5 Å². The smallest absolute Gasteiger partial charge is 0.462 e. The molecule has 6 atom stereocenters. The second-order valence-electron chi connectivity index (χ2n) is 9.98. The van der Waals surface area contributed by atoms with Crippen LogP contribution in [0.15, 0.2) is 23.5 Å².